The van der Waals surface area contributed by atoms with Crippen LogP contribution < -0.4 is 0 Å². The van der Waals surface area contributed by atoms with E-state index in [-0.39, 0.29) is 31.1 Å². The van der Waals surface area contributed by atoms with Gasteiger partial charge in [-0.1, -0.05) is 279 Å². The molecule has 0 aliphatic rings. The van der Waals surface area contributed by atoms with Crippen LogP contribution in [0.25, 0.3) is 0 Å². The molecule has 0 aromatic heterocycles. The van der Waals surface area contributed by atoms with E-state index in [9.17, 15) is 14.4 Å². The number of ether oxygens (including phenoxy) is 3. The molecule has 6 heteroatoms. The number of hydrogen-bond acceptors (Lipinski definition) is 6. The number of unbranched alkanes of at least 4 members (excludes halogenated alkanes) is 32. The molecule has 0 rings (SSSR count). The van der Waals surface area contributed by atoms with Crippen molar-refractivity contribution >= 4 is 17.9 Å². The van der Waals surface area contributed by atoms with Gasteiger partial charge in [0.05, 0.1) is 0 Å². The van der Waals surface area contributed by atoms with Crippen LogP contribution in [0.2, 0.25) is 0 Å². The summed E-state index contributed by atoms with van der Waals surface area (Å²) in [6.45, 7) is 6.47. The highest BCUT2D eigenvalue weighted by Gasteiger charge is 2.19. The van der Waals surface area contributed by atoms with Crippen LogP contribution in [0, 0.1) is 0 Å². The van der Waals surface area contributed by atoms with Gasteiger partial charge in [0.2, 0.25) is 0 Å². The Kier molecular flexibility index (Phi) is 61.8. The molecule has 0 radical (unpaired) electrons. The predicted molar refractivity (Wildman–Crippen MR) is 334 cm³/mol. The van der Waals surface area contributed by atoms with Crippen LogP contribution in [-0.4, -0.2) is 37.2 Å². The van der Waals surface area contributed by atoms with Gasteiger partial charge in [0.15, 0.2) is 6.10 Å². The zero-order chi connectivity index (χ0) is 55.7. The SMILES string of the molecule is CC/C=C\C/C=C\C/C=C\C/C=C\CCCCCCCCCCCCCCCCCCC(=O)OCC(COC(=O)CCCCCCC/C=C\C/C=C\CCCC)OC(=O)CCCCCCC/C=C\C/C=C\CCCCCC. The van der Waals surface area contributed by atoms with Crippen molar-refractivity contribution in [3.05, 3.63) is 97.2 Å². The van der Waals surface area contributed by atoms with Gasteiger partial charge in [-0.25, -0.2) is 0 Å². The normalized spacial score (nSPS) is 12.7. The Balaban J connectivity index is 4.25. The number of esters is 3. The minimum absolute atomic E-state index is 0.0858. The zero-order valence-corrected chi connectivity index (χ0v) is 50.7. The van der Waals surface area contributed by atoms with Gasteiger partial charge in [-0.15, -0.1) is 0 Å². The van der Waals surface area contributed by atoms with Gasteiger partial charge < -0.3 is 14.2 Å². The maximum absolute atomic E-state index is 12.9. The Morgan fingerprint density at radius 3 is 0.831 bits per heavy atom. The third kappa shape index (κ3) is 63.0. The van der Waals surface area contributed by atoms with E-state index in [0.717, 1.165) is 135 Å². The Morgan fingerprint density at radius 2 is 0.519 bits per heavy atom. The summed E-state index contributed by atoms with van der Waals surface area (Å²) in [7, 11) is 0. The van der Waals surface area contributed by atoms with Gasteiger partial charge in [0, 0.05) is 19.3 Å². The molecular formula is C71H122O6. The molecule has 0 amide bonds. The van der Waals surface area contributed by atoms with Gasteiger partial charge in [-0.2, -0.15) is 0 Å². The Bertz CT molecular complexity index is 1510. The molecule has 0 heterocycles. The van der Waals surface area contributed by atoms with Crippen molar-refractivity contribution < 1.29 is 28.6 Å². The first-order valence-corrected chi connectivity index (χ1v) is 32.7. The second kappa shape index (κ2) is 64.9. The largest absolute Gasteiger partial charge is 0.462 e. The molecule has 0 N–H and O–H groups in total. The summed E-state index contributed by atoms with van der Waals surface area (Å²) in [4.78, 5) is 38.3. The number of carbonyl (C=O) groups excluding carboxylic acids is 3. The lowest BCUT2D eigenvalue weighted by molar-refractivity contribution is -0.167. The van der Waals surface area contributed by atoms with Crippen molar-refractivity contribution in [3.63, 3.8) is 0 Å². The summed E-state index contributed by atoms with van der Waals surface area (Å²) < 4.78 is 16.9. The summed E-state index contributed by atoms with van der Waals surface area (Å²) in [6.07, 6.45) is 87.1. The molecule has 0 aromatic carbocycles. The Morgan fingerprint density at radius 1 is 0.273 bits per heavy atom. The lowest BCUT2D eigenvalue weighted by Gasteiger charge is -2.18. The van der Waals surface area contributed by atoms with Crippen molar-refractivity contribution in [2.75, 3.05) is 13.2 Å². The first kappa shape index (κ1) is 73.3. The highest BCUT2D eigenvalue weighted by atomic mass is 16.6. The zero-order valence-electron chi connectivity index (χ0n) is 50.7. The van der Waals surface area contributed by atoms with Crippen molar-refractivity contribution in [2.45, 2.75) is 322 Å². The van der Waals surface area contributed by atoms with E-state index in [2.05, 4.69) is 118 Å². The molecule has 0 aliphatic heterocycles. The summed E-state index contributed by atoms with van der Waals surface area (Å²) in [6, 6.07) is 0. The van der Waals surface area contributed by atoms with E-state index in [1.807, 2.05) is 0 Å². The quantitative estimate of drug-likeness (QED) is 0.0261. The Hall–Kier alpha value is -3.67. The van der Waals surface area contributed by atoms with E-state index in [1.165, 1.54) is 141 Å². The summed E-state index contributed by atoms with van der Waals surface area (Å²) in [5.74, 6) is -0.903. The Labute approximate surface area is 477 Å². The highest BCUT2D eigenvalue weighted by Crippen LogP contribution is 2.16. The molecule has 0 bridgehead atoms. The smallest absolute Gasteiger partial charge is 0.306 e. The minimum atomic E-state index is -0.791. The van der Waals surface area contributed by atoms with E-state index in [4.69, 9.17) is 14.2 Å². The summed E-state index contributed by atoms with van der Waals surface area (Å²) >= 11 is 0. The lowest BCUT2D eigenvalue weighted by atomic mass is 10.0. The highest BCUT2D eigenvalue weighted by molar-refractivity contribution is 5.71. The van der Waals surface area contributed by atoms with Gasteiger partial charge in [-0.05, 0) is 116 Å². The molecule has 1 atom stereocenters. The van der Waals surface area contributed by atoms with Crippen molar-refractivity contribution in [2.24, 2.45) is 0 Å². The fourth-order valence-electron chi connectivity index (χ4n) is 9.13. The number of rotatable bonds is 59. The summed E-state index contributed by atoms with van der Waals surface area (Å²) in [5.41, 5.74) is 0. The molecule has 0 spiro atoms. The van der Waals surface area contributed by atoms with E-state index >= 15 is 0 Å². The van der Waals surface area contributed by atoms with Crippen molar-refractivity contribution in [3.8, 4) is 0 Å². The third-order valence-corrected chi connectivity index (χ3v) is 14.0. The van der Waals surface area contributed by atoms with Gasteiger partial charge in [0.1, 0.15) is 13.2 Å². The molecule has 0 fully saturated rings. The first-order chi connectivity index (χ1) is 38.0. The van der Waals surface area contributed by atoms with Gasteiger partial charge >= 0.3 is 17.9 Å². The number of hydrogen-bond donors (Lipinski definition) is 0. The van der Waals surface area contributed by atoms with E-state index in [1.54, 1.807) is 0 Å². The van der Waals surface area contributed by atoms with Crippen LogP contribution >= 0.6 is 0 Å². The van der Waals surface area contributed by atoms with Crippen molar-refractivity contribution in [1.82, 2.24) is 0 Å². The van der Waals surface area contributed by atoms with Crippen LogP contribution in [0.1, 0.15) is 316 Å². The average molecular weight is 1070 g/mol. The lowest BCUT2D eigenvalue weighted by Crippen LogP contribution is -2.30. The summed E-state index contributed by atoms with van der Waals surface area (Å²) in [5, 5.41) is 0. The van der Waals surface area contributed by atoms with Crippen LogP contribution in [0.15, 0.2) is 97.2 Å². The molecule has 0 aromatic rings. The molecule has 0 saturated carbocycles. The van der Waals surface area contributed by atoms with Crippen LogP contribution in [0.5, 0.6) is 0 Å². The maximum atomic E-state index is 12.9. The molecule has 0 aliphatic carbocycles. The topological polar surface area (TPSA) is 78.9 Å². The minimum Gasteiger partial charge on any atom is -0.462 e. The fraction of sp³-hybridized carbons (Fsp3) is 0.732. The maximum Gasteiger partial charge on any atom is 0.306 e. The molecule has 6 nitrogen and oxygen atoms in total. The number of allylic oxidation sites excluding steroid dienone is 16. The van der Waals surface area contributed by atoms with Crippen LogP contribution in [0.4, 0.5) is 0 Å². The first-order valence-electron chi connectivity index (χ1n) is 32.7. The standard InChI is InChI=1S/C71H122O6/c1-4-7-10-13-16-19-22-25-28-30-31-32-33-34-35-36-37-38-39-40-41-42-44-46-49-52-55-58-61-64-70(73)76-67-68(66-75-69(72)63-60-57-54-51-48-45-27-24-21-18-15-12-9-6-3)77-71(74)65-62-59-56-53-50-47-43-29-26-23-20-17-14-11-8-5-2/h7,10,15-16,18-20,23-25,27-29,31-32,43,68H,4-6,8-9,11-14,17,21-22,26,30,33-42,44-67H2,1-3H3/b10-7-,18-15-,19-16-,23-20-,27-24-,28-25-,32-31-,43-29-. The van der Waals surface area contributed by atoms with Gasteiger partial charge in [-0.3, -0.25) is 14.4 Å². The average Bonchev–Trinajstić information content (AvgIpc) is 3.43. The molecular weight excluding hydrogens is 949 g/mol. The third-order valence-electron chi connectivity index (χ3n) is 14.0. The van der Waals surface area contributed by atoms with Gasteiger partial charge in [0.25, 0.3) is 0 Å². The second-order valence-corrected chi connectivity index (χ2v) is 21.6. The van der Waals surface area contributed by atoms with E-state index < -0.39 is 6.10 Å². The number of carbonyl (C=O) groups is 3. The molecule has 442 valence electrons. The van der Waals surface area contributed by atoms with E-state index in [0.29, 0.717) is 19.3 Å². The van der Waals surface area contributed by atoms with Crippen molar-refractivity contribution in [1.29, 1.82) is 0 Å². The fourth-order valence-corrected chi connectivity index (χ4v) is 9.13. The molecule has 0 saturated heterocycles. The second-order valence-electron chi connectivity index (χ2n) is 21.6. The van der Waals surface area contributed by atoms with Crippen LogP contribution in [0.3, 0.4) is 0 Å². The predicted octanol–water partition coefficient (Wildman–Crippen LogP) is 22.4. The monoisotopic (exact) mass is 1070 g/mol. The molecule has 1 unspecified atom stereocenters. The van der Waals surface area contributed by atoms with Crippen LogP contribution in [-0.2, 0) is 28.6 Å². The molecule has 77 heavy (non-hydrogen) atoms.